The number of anilines is 1. The molecule has 5 heteroatoms. The van der Waals surface area contributed by atoms with Crippen molar-refractivity contribution < 1.29 is 14.7 Å². The Bertz CT molecular complexity index is 418. The molecule has 16 heavy (non-hydrogen) atoms. The third-order valence-electron chi connectivity index (χ3n) is 1.93. The minimum absolute atomic E-state index is 0.0447. The molecule has 4 nitrogen and oxygen atoms in total. The number of hydrogen-bond acceptors (Lipinski definition) is 3. The molecule has 0 saturated heterocycles. The lowest BCUT2D eigenvalue weighted by Gasteiger charge is -2.09. The summed E-state index contributed by atoms with van der Waals surface area (Å²) in [6.45, 7) is 1.17. The van der Waals surface area contributed by atoms with E-state index in [2.05, 4.69) is 21.2 Å². The molecule has 2 N–H and O–H groups in total. The van der Waals surface area contributed by atoms with Gasteiger partial charge in [0, 0.05) is 23.4 Å². The Morgan fingerprint density at radius 2 is 2.12 bits per heavy atom. The van der Waals surface area contributed by atoms with Crippen LogP contribution in [-0.4, -0.2) is 23.4 Å². The topological polar surface area (TPSA) is 66.4 Å². The molecule has 0 spiro atoms. The molecular weight excluding hydrogens is 274 g/mol. The molecule has 0 bridgehead atoms. The predicted octanol–water partition coefficient (Wildman–Crippen LogP) is 1.97. The largest absolute Gasteiger partial charge is 0.396 e. The lowest BCUT2D eigenvalue weighted by Crippen LogP contribution is -2.11. The van der Waals surface area contributed by atoms with Gasteiger partial charge >= 0.3 is 0 Å². The van der Waals surface area contributed by atoms with Gasteiger partial charge < -0.3 is 10.4 Å². The highest BCUT2D eigenvalue weighted by Crippen LogP contribution is 2.22. The molecule has 0 atom stereocenters. The van der Waals surface area contributed by atoms with Crippen molar-refractivity contribution in [3.05, 3.63) is 28.2 Å². The summed E-state index contributed by atoms with van der Waals surface area (Å²) in [5.74, 6) is -0.437. The Hall–Kier alpha value is -1.20. The second-order valence-electron chi connectivity index (χ2n) is 3.27. The van der Waals surface area contributed by atoms with Crippen molar-refractivity contribution in [1.29, 1.82) is 0 Å². The van der Waals surface area contributed by atoms with Gasteiger partial charge in [0.2, 0.25) is 5.91 Å². The predicted molar refractivity (Wildman–Crippen MR) is 64.5 cm³/mol. The van der Waals surface area contributed by atoms with E-state index in [4.69, 9.17) is 5.11 Å². The number of ketones is 1. The van der Waals surface area contributed by atoms with Crippen LogP contribution in [0.4, 0.5) is 5.69 Å². The van der Waals surface area contributed by atoms with E-state index in [1.807, 2.05) is 0 Å². The van der Waals surface area contributed by atoms with Gasteiger partial charge in [-0.1, -0.05) is 15.9 Å². The standard InChI is InChI=1S/C11H12BrNO3/c1-7(15)13-10-3-2-8(12)6-9(10)11(16)4-5-14/h2-3,6,14H,4-5H2,1H3,(H,13,15). The van der Waals surface area contributed by atoms with Crippen molar-refractivity contribution in [2.75, 3.05) is 11.9 Å². The Morgan fingerprint density at radius 3 is 2.69 bits per heavy atom. The lowest BCUT2D eigenvalue weighted by molar-refractivity contribution is -0.114. The van der Waals surface area contributed by atoms with Crippen LogP contribution < -0.4 is 5.32 Å². The minimum Gasteiger partial charge on any atom is -0.396 e. The van der Waals surface area contributed by atoms with Gasteiger partial charge in [0.1, 0.15) is 0 Å². The number of rotatable bonds is 4. The van der Waals surface area contributed by atoms with Crippen LogP contribution in [0.15, 0.2) is 22.7 Å². The average Bonchev–Trinajstić information content (AvgIpc) is 2.20. The van der Waals surface area contributed by atoms with Gasteiger partial charge in [0.25, 0.3) is 0 Å². The van der Waals surface area contributed by atoms with Gasteiger partial charge in [-0.25, -0.2) is 0 Å². The van der Waals surface area contributed by atoms with Crippen LogP contribution in [0.5, 0.6) is 0 Å². The second-order valence-corrected chi connectivity index (χ2v) is 4.18. The number of nitrogens with one attached hydrogen (secondary N) is 1. The molecule has 0 unspecified atom stereocenters. The number of aliphatic hydroxyl groups excluding tert-OH is 1. The third-order valence-corrected chi connectivity index (χ3v) is 2.42. The van der Waals surface area contributed by atoms with E-state index >= 15 is 0 Å². The Balaban J connectivity index is 3.07. The number of Topliss-reactive ketones (excluding diaryl/α,β-unsaturated/α-hetero) is 1. The fraction of sp³-hybridized carbons (Fsp3) is 0.273. The van der Waals surface area contributed by atoms with Crippen molar-refractivity contribution in [2.45, 2.75) is 13.3 Å². The van der Waals surface area contributed by atoms with Crippen LogP contribution in [0.1, 0.15) is 23.7 Å². The molecule has 0 aliphatic rings. The van der Waals surface area contributed by atoms with Gasteiger partial charge in [-0.2, -0.15) is 0 Å². The van der Waals surface area contributed by atoms with Crippen LogP contribution >= 0.6 is 15.9 Å². The summed E-state index contributed by atoms with van der Waals surface area (Å²) >= 11 is 3.25. The van der Waals surface area contributed by atoms with E-state index in [9.17, 15) is 9.59 Å². The summed E-state index contributed by atoms with van der Waals surface area (Å²) in [4.78, 5) is 22.6. The lowest BCUT2D eigenvalue weighted by atomic mass is 10.1. The first-order valence-electron chi connectivity index (χ1n) is 4.76. The average molecular weight is 286 g/mol. The summed E-state index contributed by atoms with van der Waals surface area (Å²) in [5, 5.41) is 11.3. The molecule has 86 valence electrons. The minimum atomic E-state index is -0.236. The van der Waals surface area contributed by atoms with E-state index in [0.29, 0.717) is 11.3 Å². The SMILES string of the molecule is CC(=O)Nc1ccc(Br)cc1C(=O)CCO. The van der Waals surface area contributed by atoms with Crippen LogP contribution in [0.2, 0.25) is 0 Å². The van der Waals surface area contributed by atoms with Gasteiger partial charge in [0.05, 0.1) is 12.3 Å². The summed E-state index contributed by atoms with van der Waals surface area (Å²) in [6, 6.07) is 5.01. The molecular formula is C11H12BrNO3. The van der Waals surface area contributed by atoms with E-state index in [1.165, 1.54) is 6.92 Å². The molecule has 0 aromatic heterocycles. The smallest absolute Gasteiger partial charge is 0.221 e. The molecule has 0 radical (unpaired) electrons. The zero-order valence-corrected chi connectivity index (χ0v) is 10.4. The van der Waals surface area contributed by atoms with Gasteiger partial charge in [-0.15, -0.1) is 0 Å². The van der Waals surface area contributed by atoms with Gasteiger partial charge in [-0.05, 0) is 18.2 Å². The van der Waals surface area contributed by atoms with Gasteiger partial charge in [0.15, 0.2) is 5.78 Å². The number of aliphatic hydroxyl groups is 1. The number of benzene rings is 1. The Morgan fingerprint density at radius 1 is 1.44 bits per heavy atom. The summed E-state index contributed by atoms with van der Waals surface area (Å²) < 4.78 is 0.753. The van der Waals surface area contributed by atoms with E-state index in [0.717, 1.165) is 4.47 Å². The molecule has 0 heterocycles. The van der Waals surface area contributed by atoms with Crippen molar-refractivity contribution in [3.63, 3.8) is 0 Å². The highest BCUT2D eigenvalue weighted by molar-refractivity contribution is 9.10. The fourth-order valence-electron chi connectivity index (χ4n) is 1.28. The highest BCUT2D eigenvalue weighted by atomic mass is 79.9. The zero-order valence-electron chi connectivity index (χ0n) is 8.79. The maximum absolute atomic E-state index is 11.7. The quantitative estimate of drug-likeness (QED) is 0.832. The number of halogens is 1. The van der Waals surface area contributed by atoms with Crippen molar-refractivity contribution >= 4 is 33.3 Å². The normalized spacial score (nSPS) is 9.94. The summed E-state index contributed by atoms with van der Waals surface area (Å²) in [5.41, 5.74) is 0.868. The maximum Gasteiger partial charge on any atom is 0.221 e. The Kier molecular flexibility index (Phi) is 4.64. The fourth-order valence-corrected chi connectivity index (χ4v) is 1.64. The van der Waals surface area contributed by atoms with Crippen molar-refractivity contribution in [2.24, 2.45) is 0 Å². The molecule has 1 aromatic rings. The molecule has 0 fully saturated rings. The zero-order chi connectivity index (χ0) is 12.1. The summed E-state index contributed by atoms with van der Waals surface area (Å²) in [7, 11) is 0. The van der Waals surface area contributed by atoms with Crippen LogP contribution in [-0.2, 0) is 4.79 Å². The summed E-state index contributed by atoms with van der Waals surface area (Å²) in [6.07, 6.45) is 0.0447. The highest BCUT2D eigenvalue weighted by Gasteiger charge is 2.12. The number of carbonyl (C=O) groups excluding carboxylic acids is 2. The first-order valence-corrected chi connectivity index (χ1v) is 5.55. The second kappa shape index (κ2) is 5.77. The first kappa shape index (κ1) is 12.9. The number of amides is 1. The van der Waals surface area contributed by atoms with Crippen LogP contribution in [0.25, 0.3) is 0 Å². The third kappa shape index (κ3) is 3.43. The van der Waals surface area contributed by atoms with Crippen LogP contribution in [0.3, 0.4) is 0 Å². The van der Waals surface area contributed by atoms with E-state index < -0.39 is 0 Å². The van der Waals surface area contributed by atoms with Crippen LogP contribution in [0, 0.1) is 0 Å². The molecule has 0 aliphatic carbocycles. The maximum atomic E-state index is 11.7. The number of hydrogen-bond donors (Lipinski definition) is 2. The molecule has 1 aromatic carbocycles. The molecule has 1 rings (SSSR count). The monoisotopic (exact) mass is 285 g/mol. The van der Waals surface area contributed by atoms with E-state index in [-0.39, 0.29) is 24.7 Å². The van der Waals surface area contributed by atoms with Crippen molar-refractivity contribution in [1.82, 2.24) is 0 Å². The van der Waals surface area contributed by atoms with Crippen molar-refractivity contribution in [3.8, 4) is 0 Å². The number of carbonyl (C=O) groups is 2. The van der Waals surface area contributed by atoms with E-state index in [1.54, 1.807) is 18.2 Å². The van der Waals surface area contributed by atoms with Gasteiger partial charge in [-0.3, -0.25) is 9.59 Å². The molecule has 1 amide bonds. The molecule has 0 aliphatic heterocycles. The first-order chi connectivity index (χ1) is 7.54. The Labute approximate surface area is 102 Å². The molecule has 0 saturated carbocycles.